The van der Waals surface area contributed by atoms with Gasteiger partial charge in [0, 0.05) is 12.0 Å². The van der Waals surface area contributed by atoms with Crippen molar-refractivity contribution in [3.8, 4) is 10.7 Å². The zero-order valence-corrected chi connectivity index (χ0v) is 12.1. The average Bonchev–Trinajstić information content (AvgIpc) is 3.10. The van der Waals surface area contributed by atoms with E-state index in [0.29, 0.717) is 0 Å². The monoisotopic (exact) mass is 276 g/mol. The first-order chi connectivity index (χ1) is 9.31. The number of H-pyrrole nitrogens is 1. The van der Waals surface area contributed by atoms with E-state index >= 15 is 0 Å². The maximum atomic E-state index is 4.64. The summed E-state index contributed by atoms with van der Waals surface area (Å²) in [7, 11) is 2.07. The van der Waals surface area contributed by atoms with Crippen molar-refractivity contribution >= 4 is 11.3 Å². The van der Waals surface area contributed by atoms with E-state index in [9.17, 15) is 0 Å². The molecule has 19 heavy (non-hydrogen) atoms. The average molecular weight is 276 g/mol. The van der Waals surface area contributed by atoms with Crippen molar-refractivity contribution in [2.24, 2.45) is 0 Å². The summed E-state index contributed by atoms with van der Waals surface area (Å²) in [4.78, 5) is 5.77. The molecule has 5 heteroatoms. The van der Waals surface area contributed by atoms with Gasteiger partial charge in [-0.25, -0.2) is 4.98 Å². The second-order valence-electron chi connectivity index (χ2n) is 5.35. The highest BCUT2D eigenvalue weighted by atomic mass is 32.1. The Morgan fingerprint density at radius 3 is 2.89 bits per heavy atom. The molecular formula is C14H20N4S. The molecule has 0 radical (unpaired) electrons. The third-order valence-corrected chi connectivity index (χ3v) is 4.99. The molecular weight excluding hydrogens is 256 g/mol. The number of thiophene rings is 1. The lowest BCUT2D eigenvalue weighted by molar-refractivity contribution is 0.241. The summed E-state index contributed by atoms with van der Waals surface area (Å²) >= 11 is 1.68. The lowest BCUT2D eigenvalue weighted by Gasteiger charge is -2.36. The minimum absolute atomic E-state index is 0.213. The Morgan fingerprint density at radius 2 is 2.21 bits per heavy atom. The molecule has 0 bridgehead atoms. The molecule has 102 valence electrons. The van der Waals surface area contributed by atoms with Gasteiger partial charge < -0.3 is 5.32 Å². The fourth-order valence-electron chi connectivity index (χ4n) is 2.95. The van der Waals surface area contributed by atoms with Crippen LogP contribution < -0.4 is 5.32 Å². The first-order valence-corrected chi connectivity index (χ1v) is 7.83. The normalized spacial score (nSPS) is 18.6. The van der Waals surface area contributed by atoms with Gasteiger partial charge in [-0.3, -0.25) is 5.10 Å². The van der Waals surface area contributed by atoms with Gasteiger partial charge in [-0.1, -0.05) is 25.3 Å². The summed E-state index contributed by atoms with van der Waals surface area (Å²) in [5.74, 6) is 1.83. The van der Waals surface area contributed by atoms with Crippen LogP contribution in [0.25, 0.3) is 10.7 Å². The maximum Gasteiger partial charge on any atom is 0.191 e. The third-order valence-electron chi connectivity index (χ3n) is 4.12. The van der Waals surface area contributed by atoms with E-state index < -0.39 is 0 Å². The summed E-state index contributed by atoms with van der Waals surface area (Å²) in [5.41, 5.74) is 0.213. The van der Waals surface area contributed by atoms with Gasteiger partial charge >= 0.3 is 0 Å². The molecule has 4 nitrogen and oxygen atoms in total. The Labute approximate surface area is 117 Å². The molecule has 1 aliphatic rings. The molecule has 1 aliphatic carbocycles. The van der Waals surface area contributed by atoms with Gasteiger partial charge in [-0.2, -0.15) is 5.10 Å². The van der Waals surface area contributed by atoms with Gasteiger partial charge in [0.25, 0.3) is 0 Å². The van der Waals surface area contributed by atoms with Gasteiger partial charge in [-0.15, -0.1) is 11.3 Å². The van der Waals surface area contributed by atoms with Crippen molar-refractivity contribution in [2.75, 3.05) is 7.05 Å². The van der Waals surface area contributed by atoms with Crippen LogP contribution in [0.15, 0.2) is 17.5 Å². The molecule has 0 unspecified atom stereocenters. The SMILES string of the molecule is CNC1(Cc2nc(-c3cccs3)n[nH]2)CCCCC1. The highest BCUT2D eigenvalue weighted by Gasteiger charge is 2.31. The molecule has 0 aromatic carbocycles. The van der Waals surface area contributed by atoms with Crippen LogP contribution in [-0.4, -0.2) is 27.8 Å². The zero-order chi connectivity index (χ0) is 13.1. The van der Waals surface area contributed by atoms with Crippen LogP contribution >= 0.6 is 11.3 Å². The summed E-state index contributed by atoms with van der Waals surface area (Å²) in [6.07, 6.45) is 7.40. The number of rotatable bonds is 4. The minimum atomic E-state index is 0.213. The smallest absolute Gasteiger partial charge is 0.191 e. The van der Waals surface area contributed by atoms with E-state index in [1.165, 1.54) is 32.1 Å². The van der Waals surface area contributed by atoms with E-state index in [4.69, 9.17) is 0 Å². The van der Waals surface area contributed by atoms with E-state index in [1.807, 2.05) is 6.07 Å². The van der Waals surface area contributed by atoms with Crippen molar-refractivity contribution in [3.05, 3.63) is 23.3 Å². The number of likely N-dealkylation sites (N-methyl/N-ethyl adjacent to an activating group) is 1. The van der Waals surface area contributed by atoms with Gasteiger partial charge in [0.1, 0.15) is 5.82 Å². The van der Waals surface area contributed by atoms with Crippen molar-refractivity contribution in [3.63, 3.8) is 0 Å². The molecule has 1 saturated carbocycles. The highest BCUT2D eigenvalue weighted by Crippen LogP contribution is 2.30. The fraction of sp³-hybridized carbons (Fsp3) is 0.571. The summed E-state index contributed by atoms with van der Waals surface area (Å²) < 4.78 is 0. The highest BCUT2D eigenvalue weighted by molar-refractivity contribution is 7.13. The Morgan fingerprint density at radius 1 is 1.37 bits per heavy atom. The molecule has 2 aromatic rings. The van der Waals surface area contributed by atoms with Crippen molar-refractivity contribution in [1.82, 2.24) is 20.5 Å². The van der Waals surface area contributed by atoms with Crippen LogP contribution in [0.2, 0.25) is 0 Å². The van der Waals surface area contributed by atoms with Crippen molar-refractivity contribution in [2.45, 2.75) is 44.1 Å². The van der Waals surface area contributed by atoms with Crippen molar-refractivity contribution < 1.29 is 0 Å². The van der Waals surface area contributed by atoms with Gasteiger partial charge in [0.2, 0.25) is 0 Å². The molecule has 3 rings (SSSR count). The number of hydrogen-bond acceptors (Lipinski definition) is 4. The van der Waals surface area contributed by atoms with Gasteiger partial charge in [-0.05, 0) is 31.3 Å². The van der Waals surface area contributed by atoms with E-state index in [1.54, 1.807) is 11.3 Å². The topological polar surface area (TPSA) is 53.6 Å². The third kappa shape index (κ3) is 2.72. The zero-order valence-electron chi connectivity index (χ0n) is 11.3. The molecule has 0 spiro atoms. The second kappa shape index (κ2) is 5.43. The number of nitrogens with zero attached hydrogens (tertiary/aromatic N) is 2. The molecule has 0 atom stereocenters. The lowest BCUT2D eigenvalue weighted by Crippen LogP contribution is -2.46. The van der Waals surface area contributed by atoms with Gasteiger partial charge in [0.05, 0.1) is 4.88 Å². The fourth-order valence-corrected chi connectivity index (χ4v) is 3.61. The predicted molar refractivity (Wildman–Crippen MR) is 78.3 cm³/mol. The summed E-state index contributed by atoms with van der Waals surface area (Å²) in [5, 5.41) is 13.0. The maximum absolute atomic E-state index is 4.64. The Balaban J connectivity index is 1.76. The van der Waals surface area contributed by atoms with E-state index in [0.717, 1.165) is 22.9 Å². The number of hydrogen-bond donors (Lipinski definition) is 2. The van der Waals surface area contributed by atoms with E-state index in [-0.39, 0.29) is 5.54 Å². The predicted octanol–water partition coefficient (Wildman–Crippen LogP) is 3.00. The van der Waals surface area contributed by atoms with Crippen LogP contribution in [0.3, 0.4) is 0 Å². The van der Waals surface area contributed by atoms with Crippen LogP contribution in [-0.2, 0) is 6.42 Å². The quantitative estimate of drug-likeness (QED) is 0.902. The summed E-state index contributed by atoms with van der Waals surface area (Å²) in [6.45, 7) is 0. The molecule has 0 amide bonds. The molecule has 2 heterocycles. The second-order valence-corrected chi connectivity index (χ2v) is 6.30. The minimum Gasteiger partial charge on any atom is -0.314 e. The van der Waals surface area contributed by atoms with Crippen LogP contribution in [0, 0.1) is 0 Å². The standard InChI is InChI=1S/C14H20N4S/c1-15-14(7-3-2-4-8-14)10-12-16-13(18-17-12)11-6-5-9-19-11/h5-6,9,15H,2-4,7-8,10H2,1H3,(H,16,17,18). The number of aromatic amines is 1. The Bertz CT molecular complexity index is 511. The first-order valence-electron chi connectivity index (χ1n) is 6.95. The molecule has 2 aromatic heterocycles. The molecule has 0 aliphatic heterocycles. The van der Waals surface area contributed by atoms with Crippen LogP contribution in [0.5, 0.6) is 0 Å². The van der Waals surface area contributed by atoms with Crippen molar-refractivity contribution in [1.29, 1.82) is 0 Å². The largest absolute Gasteiger partial charge is 0.314 e. The first kappa shape index (κ1) is 12.8. The molecule has 0 saturated heterocycles. The van der Waals surface area contributed by atoms with E-state index in [2.05, 4.69) is 39.0 Å². The van der Waals surface area contributed by atoms with Crippen LogP contribution in [0.4, 0.5) is 0 Å². The van der Waals surface area contributed by atoms with Gasteiger partial charge in [0.15, 0.2) is 5.82 Å². The number of nitrogens with one attached hydrogen (secondary N) is 2. The number of aromatic nitrogens is 3. The Hall–Kier alpha value is -1.20. The van der Waals surface area contributed by atoms with Crippen LogP contribution in [0.1, 0.15) is 37.9 Å². The molecule has 1 fully saturated rings. The Kier molecular flexibility index (Phi) is 3.66. The molecule has 2 N–H and O–H groups in total. The lowest BCUT2D eigenvalue weighted by atomic mass is 9.79. The summed E-state index contributed by atoms with van der Waals surface area (Å²) in [6, 6.07) is 4.10.